The minimum atomic E-state index is -0.707. The number of nitrogens with zero attached hydrogens (tertiary/aromatic N) is 4. The van der Waals surface area contributed by atoms with E-state index in [-0.39, 0.29) is 23.4 Å². The summed E-state index contributed by atoms with van der Waals surface area (Å²) in [4.78, 5) is 43.3. The molecular formula is C23H20N4O5S. The average Bonchev–Trinajstić information content (AvgIpc) is 3.21. The van der Waals surface area contributed by atoms with Gasteiger partial charge in [-0.2, -0.15) is 0 Å². The fourth-order valence-electron chi connectivity index (χ4n) is 4.12. The minimum Gasteiger partial charge on any atom is -0.456 e. The summed E-state index contributed by atoms with van der Waals surface area (Å²) in [7, 11) is 0. The Hall–Kier alpha value is -3.79. The molecule has 2 aromatic carbocycles. The summed E-state index contributed by atoms with van der Waals surface area (Å²) < 4.78 is 7.78. The van der Waals surface area contributed by atoms with E-state index in [0.717, 1.165) is 42.6 Å². The number of hydrogen-bond acceptors (Lipinski definition) is 8. The smallest absolute Gasteiger partial charge is 0.338 e. The van der Waals surface area contributed by atoms with Crippen molar-refractivity contribution in [1.82, 2.24) is 9.38 Å². The number of nitro groups is 1. The third-order valence-corrected chi connectivity index (χ3v) is 6.73. The Bertz CT molecular complexity index is 1440. The van der Waals surface area contributed by atoms with Crippen LogP contribution in [0.2, 0.25) is 0 Å². The number of aromatic nitrogens is 2. The van der Waals surface area contributed by atoms with Crippen molar-refractivity contribution >= 4 is 43.9 Å². The molecule has 4 aromatic rings. The van der Waals surface area contributed by atoms with E-state index in [1.807, 2.05) is 29.2 Å². The van der Waals surface area contributed by atoms with E-state index in [4.69, 9.17) is 4.74 Å². The molecule has 1 aliphatic heterocycles. The number of rotatable bonds is 5. The molecule has 0 radical (unpaired) electrons. The van der Waals surface area contributed by atoms with Gasteiger partial charge in [-0.05, 0) is 43.5 Å². The molecule has 0 spiro atoms. The Labute approximate surface area is 192 Å². The van der Waals surface area contributed by atoms with Gasteiger partial charge in [-0.25, -0.2) is 9.78 Å². The summed E-state index contributed by atoms with van der Waals surface area (Å²) in [6.45, 7) is 1.30. The zero-order valence-electron chi connectivity index (χ0n) is 17.6. The standard InChI is InChI=1S/C23H20N4O5S/c28-21-13-16(24-23-26(21)18-6-2-3-7-20(18)33-23)14-32-22(29)15-8-9-17(19(12-15)27(30)31)25-10-4-1-5-11-25/h2-3,6-9,12-13H,1,4-5,10-11,14H2. The molecule has 0 N–H and O–H groups in total. The van der Waals surface area contributed by atoms with Crippen LogP contribution in [0, 0.1) is 10.1 Å². The number of carbonyl (C=O) groups is 1. The topological polar surface area (TPSA) is 107 Å². The van der Waals surface area contributed by atoms with Crippen molar-refractivity contribution < 1.29 is 14.5 Å². The molecule has 0 unspecified atom stereocenters. The molecule has 0 amide bonds. The van der Waals surface area contributed by atoms with Gasteiger partial charge < -0.3 is 9.64 Å². The maximum absolute atomic E-state index is 12.6. The van der Waals surface area contributed by atoms with Gasteiger partial charge in [-0.15, -0.1) is 0 Å². The lowest BCUT2D eigenvalue weighted by Crippen LogP contribution is -2.30. The summed E-state index contributed by atoms with van der Waals surface area (Å²) >= 11 is 1.37. The number of anilines is 1. The molecule has 0 atom stereocenters. The first-order valence-corrected chi connectivity index (χ1v) is 11.4. The van der Waals surface area contributed by atoms with Crippen molar-refractivity contribution in [3.63, 3.8) is 0 Å². The van der Waals surface area contributed by atoms with Gasteiger partial charge >= 0.3 is 5.97 Å². The monoisotopic (exact) mass is 464 g/mol. The molecule has 2 aromatic heterocycles. The van der Waals surface area contributed by atoms with Crippen molar-refractivity contribution in [2.24, 2.45) is 0 Å². The van der Waals surface area contributed by atoms with E-state index in [9.17, 15) is 19.7 Å². The number of thiazole rings is 1. The molecular weight excluding hydrogens is 444 g/mol. The number of fused-ring (bicyclic) bond motifs is 3. The van der Waals surface area contributed by atoms with Crippen LogP contribution >= 0.6 is 11.3 Å². The van der Waals surface area contributed by atoms with Gasteiger partial charge in [0.15, 0.2) is 4.96 Å². The van der Waals surface area contributed by atoms with Crippen molar-refractivity contribution in [3.05, 3.63) is 80.3 Å². The molecule has 5 rings (SSSR count). The van der Waals surface area contributed by atoms with Gasteiger partial charge in [0.1, 0.15) is 12.3 Å². The van der Waals surface area contributed by atoms with Crippen LogP contribution in [-0.4, -0.2) is 33.4 Å². The maximum Gasteiger partial charge on any atom is 0.338 e. The molecule has 3 heterocycles. The normalized spacial score (nSPS) is 14.0. The van der Waals surface area contributed by atoms with Crippen LogP contribution in [0.15, 0.2) is 53.3 Å². The number of esters is 1. The number of benzene rings is 2. The Morgan fingerprint density at radius 2 is 1.91 bits per heavy atom. The number of nitro benzene ring substituents is 1. The van der Waals surface area contributed by atoms with Crippen LogP contribution in [0.4, 0.5) is 11.4 Å². The summed E-state index contributed by atoms with van der Waals surface area (Å²) in [5, 5.41) is 11.6. The van der Waals surface area contributed by atoms with E-state index in [0.29, 0.717) is 16.3 Å². The van der Waals surface area contributed by atoms with E-state index >= 15 is 0 Å². The van der Waals surface area contributed by atoms with Crippen molar-refractivity contribution in [2.75, 3.05) is 18.0 Å². The first-order valence-electron chi connectivity index (χ1n) is 10.6. The van der Waals surface area contributed by atoms with Crippen LogP contribution in [0.3, 0.4) is 0 Å². The predicted octanol–water partition coefficient (Wildman–Crippen LogP) is 4.16. The van der Waals surface area contributed by atoms with Gasteiger partial charge in [0, 0.05) is 25.2 Å². The second-order valence-corrected chi connectivity index (χ2v) is 8.87. The van der Waals surface area contributed by atoms with Gasteiger partial charge in [-0.1, -0.05) is 23.5 Å². The Balaban J connectivity index is 1.37. The zero-order chi connectivity index (χ0) is 22.9. The quantitative estimate of drug-likeness (QED) is 0.248. The highest BCUT2D eigenvalue weighted by Crippen LogP contribution is 2.31. The molecule has 33 heavy (non-hydrogen) atoms. The summed E-state index contributed by atoms with van der Waals surface area (Å²) in [6, 6.07) is 13.2. The van der Waals surface area contributed by atoms with Crippen LogP contribution < -0.4 is 10.5 Å². The molecule has 0 bridgehead atoms. The lowest BCUT2D eigenvalue weighted by molar-refractivity contribution is -0.384. The number of carbonyl (C=O) groups excluding carboxylic acids is 1. The highest BCUT2D eigenvalue weighted by Gasteiger charge is 2.23. The van der Waals surface area contributed by atoms with E-state index < -0.39 is 10.9 Å². The van der Waals surface area contributed by atoms with Crippen LogP contribution in [0.25, 0.3) is 15.2 Å². The molecule has 1 fully saturated rings. The Kier molecular flexibility index (Phi) is 5.51. The summed E-state index contributed by atoms with van der Waals surface area (Å²) in [6.07, 6.45) is 3.08. The SMILES string of the molecule is O=C(OCc1cc(=O)n2c(n1)sc1ccccc12)c1ccc(N2CCCCC2)c([N+](=O)[O-])c1. The molecule has 1 saturated heterocycles. The Morgan fingerprint density at radius 1 is 1.12 bits per heavy atom. The number of ether oxygens (including phenoxy) is 1. The highest BCUT2D eigenvalue weighted by atomic mass is 32.1. The second kappa shape index (κ2) is 8.62. The summed E-state index contributed by atoms with van der Waals surface area (Å²) in [5.74, 6) is -0.707. The van der Waals surface area contributed by atoms with Gasteiger partial charge in [0.25, 0.3) is 11.2 Å². The first kappa shape index (κ1) is 21.1. The van der Waals surface area contributed by atoms with Crippen LogP contribution in [0.1, 0.15) is 35.3 Å². The van der Waals surface area contributed by atoms with E-state index in [1.54, 1.807) is 6.07 Å². The first-order chi connectivity index (χ1) is 16.0. The number of hydrogen-bond donors (Lipinski definition) is 0. The van der Waals surface area contributed by atoms with Crippen molar-refractivity contribution in [1.29, 1.82) is 0 Å². The lowest BCUT2D eigenvalue weighted by atomic mass is 10.1. The molecule has 10 heteroatoms. The maximum atomic E-state index is 12.6. The third-order valence-electron chi connectivity index (χ3n) is 5.70. The number of piperidine rings is 1. The van der Waals surface area contributed by atoms with Gasteiger partial charge in [-0.3, -0.25) is 19.3 Å². The predicted molar refractivity (Wildman–Crippen MR) is 125 cm³/mol. The van der Waals surface area contributed by atoms with E-state index in [1.165, 1.54) is 33.9 Å². The van der Waals surface area contributed by atoms with Crippen LogP contribution in [-0.2, 0) is 11.3 Å². The molecule has 0 aliphatic carbocycles. The average molecular weight is 465 g/mol. The fourth-order valence-corrected chi connectivity index (χ4v) is 5.17. The largest absolute Gasteiger partial charge is 0.456 e. The number of para-hydroxylation sites is 1. The molecule has 168 valence electrons. The summed E-state index contributed by atoms with van der Waals surface area (Å²) in [5.41, 5.74) is 1.32. The highest BCUT2D eigenvalue weighted by molar-refractivity contribution is 7.23. The molecule has 0 saturated carbocycles. The van der Waals surface area contributed by atoms with Crippen molar-refractivity contribution in [3.8, 4) is 0 Å². The second-order valence-electron chi connectivity index (χ2n) is 7.86. The minimum absolute atomic E-state index is 0.0853. The lowest BCUT2D eigenvalue weighted by Gasteiger charge is -2.28. The third kappa shape index (κ3) is 4.05. The molecule has 9 nitrogen and oxygen atoms in total. The molecule has 1 aliphatic rings. The van der Waals surface area contributed by atoms with Crippen LogP contribution in [0.5, 0.6) is 0 Å². The van der Waals surface area contributed by atoms with Gasteiger partial charge in [0.05, 0.1) is 26.4 Å². The zero-order valence-corrected chi connectivity index (χ0v) is 18.4. The fraction of sp³-hybridized carbons (Fsp3) is 0.261. The van der Waals surface area contributed by atoms with Crippen molar-refractivity contribution in [2.45, 2.75) is 25.9 Å². The van der Waals surface area contributed by atoms with Gasteiger partial charge in [0.2, 0.25) is 0 Å². The Morgan fingerprint density at radius 3 is 2.70 bits per heavy atom. The van der Waals surface area contributed by atoms with E-state index in [2.05, 4.69) is 4.98 Å².